The van der Waals surface area contributed by atoms with Gasteiger partial charge in [-0.05, 0) is 60.5 Å². The first kappa shape index (κ1) is 31.7. The van der Waals surface area contributed by atoms with Gasteiger partial charge >= 0.3 is 29.8 Å². The maximum absolute atomic E-state index is 14.5. The van der Waals surface area contributed by atoms with Crippen molar-refractivity contribution >= 4 is 29.8 Å². The van der Waals surface area contributed by atoms with Crippen LogP contribution in [-0.2, 0) is 47.7 Å². The minimum absolute atomic E-state index is 0.0498. The first-order valence-electron chi connectivity index (χ1n) is 14.9. The van der Waals surface area contributed by atoms with E-state index >= 15 is 0 Å². The van der Waals surface area contributed by atoms with Gasteiger partial charge in [-0.15, -0.1) is 0 Å². The fourth-order valence-corrected chi connectivity index (χ4v) is 9.19. The number of rotatable bonds is 4. The minimum Gasteiger partial charge on any atom is -0.464 e. The number of fused-ring (bicyclic) bond motifs is 1. The van der Waals surface area contributed by atoms with Crippen molar-refractivity contribution in [3.8, 4) is 0 Å². The second kappa shape index (κ2) is 9.17. The third-order valence-electron chi connectivity index (χ3n) is 12.3. The van der Waals surface area contributed by atoms with Crippen LogP contribution in [0.15, 0.2) is 48.1 Å². The van der Waals surface area contributed by atoms with E-state index in [0.717, 1.165) is 0 Å². The van der Waals surface area contributed by atoms with Gasteiger partial charge in [-0.25, -0.2) is 9.59 Å². The summed E-state index contributed by atoms with van der Waals surface area (Å²) >= 11 is 0. The molecule has 2 saturated heterocycles. The van der Waals surface area contributed by atoms with Gasteiger partial charge in [-0.3, -0.25) is 14.4 Å². The van der Waals surface area contributed by atoms with E-state index in [4.69, 9.17) is 23.7 Å². The van der Waals surface area contributed by atoms with Crippen molar-refractivity contribution in [2.24, 2.45) is 27.1 Å². The molecule has 4 fully saturated rings. The molecule has 0 aromatic carbocycles. The molecule has 10 heteroatoms. The Hall–Kier alpha value is -3.69. The molecular formula is C34H42O10. The van der Waals surface area contributed by atoms with Crippen LogP contribution in [0.25, 0.3) is 0 Å². The van der Waals surface area contributed by atoms with Gasteiger partial charge in [0.25, 0.3) is 0 Å². The number of hydrogen-bond acceptors (Lipinski definition) is 10. The smallest absolute Gasteiger partial charge is 0.333 e. The highest BCUT2D eigenvalue weighted by Crippen LogP contribution is 2.84. The number of ether oxygens (including phenoxy) is 5. The van der Waals surface area contributed by atoms with Crippen LogP contribution in [0.2, 0.25) is 0 Å². The largest absolute Gasteiger partial charge is 0.464 e. The van der Waals surface area contributed by atoms with E-state index in [2.05, 4.69) is 13.2 Å². The fraction of sp³-hybridized carbons (Fsp3) is 0.618. The Morgan fingerprint density at radius 1 is 1.00 bits per heavy atom. The molecule has 3 heterocycles. The summed E-state index contributed by atoms with van der Waals surface area (Å²) in [4.78, 5) is 67.8. The minimum atomic E-state index is -1.62. The number of allylic oxidation sites excluding steroid dienone is 1. The van der Waals surface area contributed by atoms with Crippen LogP contribution in [0.5, 0.6) is 0 Å². The molecule has 8 atom stereocenters. The summed E-state index contributed by atoms with van der Waals surface area (Å²) in [7, 11) is 0. The highest BCUT2D eigenvalue weighted by atomic mass is 16.6. The second-order valence-electron chi connectivity index (χ2n) is 14.2. The van der Waals surface area contributed by atoms with Gasteiger partial charge in [0.2, 0.25) is 0 Å². The van der Waals surface area contributed by atoms with Crippen molar-refractivity contribution in [2.75, 3.05) is 6.61 Å². The second-order valence-corrected chi connectivity index (χ2v) is 14.2. The highest BCUT2D eigenvalue weighted by molar-refractivity contribution is 5.95. The van der Waals surface area contributed by atoms with Crippen LogP contribution in [0.1, 0.15) is 75.2 Å². The van der Waals surface area contributed by atoms with Crippen molar-refractivity contribution in [1.82, 2.24) is 0 Å². The predicted molar refractivity (Wildman–Crippen MR) is 156 cm³/mol. The van der Waals surface area contributed by atoms with Crippen LogP contribution >= 0.6 is 0 Å². The van der Waals surface area contributed by atoms with Crippen molar-refractivity contribution in [2.45, 2.75) is 98.6 Å². The van der Waals surface area contributed by atoms with Crippen LogP contribution in [-0.4, -0.2) is 59.9 Å². The van der Waals surface area contributed by atoms with Gasteiger partial charge in [0.1, 0.15) is 23.7 Å². The Bertz CT molecular complexity index is 1500. The van der Waals surface area contributed by atoms with Crippen molar-refractivity contribution in [1.29, 1.82) is 0 Å². The Morgan fingerprint density at radius 3 is 2.18 bits per heavy atom. The molecule has 2 aliphatic carbocycles. The van der Waals surface area contributed by atoms with Crippen molar-refractivity contribution in [3.63, 3.8) is 0 Å². The van der Waals surface area contributed by atoms with Gasteiger partial charge in [0.05, 0.1) is 10.8 Å². The summed E-state index contributed by atoms with van der Waals surface area (Å²) in [5, 5.41) is 0. The average Bonchev–Trinajstić information content (AvgIpc) is 3.26. The number of carbonyl (C=O) groups is 5. The molecule has 5 aliphatic rings. The average molecular weight is 611 g/mol. The van der Waals surface area contributed by atoms with E-state index in [1.165, 1.54) is 13.0 Å². The van der Waals surface area contributed by atoms with E-state index in [0.29, 0.717) is 16.7 Å². The van der Waals surface area contributed by atoms with E-state index in [-0.39, 0.29) is 19.4 Å². The molecule has 10 nitrogen and oxygen atoms in total. The van der Waals surface area contributed by atoms with Crippen LogP contribution in [0.4, 0.5) is 0 Å². The van der Waals surface area contributed by atoms with Crippen molar-refractivity contribution in [3.05, 3.63) is 48.1 Å². The number of carbonyl (C=O) groups excluding carboxylic acids is 5. The van der Waals surface area contributed by atoms with Gasteiger partial charge in [0, 0.05) is 35.8 Å². The molecule has 3 aliphatic heterocycles. The maximum Gasteiger partial charge on any atom is 0.333 e. The SMILES string of the molecule is C=C(C)[C@@]1(C)OC(=O)[C@@]23COC(=O)[C@]2(C)[C@]2(C)[C@@H](OC(=O)/C(C)=C/C)C[C@]4(C=CC(=O)OC4(C)C)C(=C)C2(C3)[C@H]1OC(C)=O. The Labute approximate surface area is 257 Å². The van der Waals surface area contributed by atoms with E-state index in [1.807, 2.05) is 0 Å². The predicted octanol–water partition coefficient (Wildman–Crippen LogP) is 4.47. The topological polar surface area (TPSA) is 132 Å². The molecule has 0 aromatic heterocycles. The summed E-state index contributed by atoms with van der Waals surface area (Å²) < 4.78 is 30.5. The third kappa shape index (κ3) is 3.29. The quantitative estimate of drug-likeness (QED) is 0.194. The van der Waals surface area contributed by atoms with Crippen molar-refractivity contribution < 1.29 is 47.7 Å². The monoisotopic (exact) mass is 610 g/mol. The van der Waals surface area contributed by atoms with Crippen LogP contribution < -0.4 is 0 Å². The van der Waals surface area contributed by atoms with Crippen LogP contribution in [0.3, 0.4) is 0 Å². The summed E-state index contributed by atoms with van der Waals surface area (Å²) in [6.45, 7) is 23.3. The Morgan fingerprint density at radius 2 is 1.64 bits per heavy atom. The zero-order chi connectivity index (χ0) is 33.1. The zero-order valence-corrected chi connectivity index (χ0v) is 27.0. The zero-order valence-electron chi connectivity index (χ0n) is 27.0. The van der Waals surface area contributed by atoms with E-state index < -0.39 is 80.3 Å². The maximum atomic E-state index is 14.5. The summed E-state index contributed by atoms with van der Waals surface area (Å²) in [5.74, 6) is -3.20. The van der Waals surface area contributed by atoms with Gasteiger partial charge in [-0.2, -0.15) is 0 Å². The summed E-state index contributed by atoms with van der Waals surface area (Å²) in [5.41, 5.74) is -8.98. The molecule has 238 valence electrons. The highest BCUT2D eigenvalue weighted by Gasteiger charge is 2.91. The van der Waals surface area contributed by atoms with Gasteiger partial charge in [-0.1, -0.05) is 37.8 Å². The summed E-state index contributed by atoms with van der Waals surface area (Å²) in [6.07, 6.45) is 2.24. The molecule has 2 saturated carbocycles. The lowest BCUT2D eigenvalue weighted by Crippen LogP contribution is -2.73. The fourth-order valence-electron chi connectivity index (χ4n) is 9.19. The van der Waals surface area contributed by atoms with Gasteiger partial charge < -0.3 is 23.7 Å². The number of cyclic esters (lactones) is 3. The molecule has 2 bridgehead atoms. The molecule has 0 amide bonds. The molecular weight excluding hydrogens is 568 g/mol. The molecule has 0 aromatic rings. The number of hydrogen-bond donors (Lipinski definition) is 0. The molecule has 0 radical (unpaired) electrons. The molecule has 3 spiro atoms. The summed E-state index contributed by atoms with van der Waals surface area (Å²) in [6, 6.07) is 0. The lowest BCUT2D eigenvalue weighted by molar-refractivity contribution is -0.248. The normalized spacial score (nSPS) is 43.7. The van der Waals surface area contributed by atoms with E-state index in [1.54, 1.807) is 67.5 Å². The molecule has 5 rings (SSSR count). The van der Waals surface area contributed by atoms with E-state index in [9.17, 15) is 24.0 Å². The lowest BCUT2D eigenvalue weighted by atomic mass is 9.39. The molecule has 44 heavy (non-hydrogen) atoms. The third-order valence-corrected chi connectivity index (χ3v) is 12.3. The lowest BCUT2D eigenvalue weighted by Gasteiger charge is -2.67. The number of esters is 5. The standard InChI is InChI=1S/C34H42O10/c1-12-19(4)24(37)42-22-15-32(14-13-23(36)43-28(32,7)8)20(5)34-16-33(17-40-26(38)31(33,11)30(22,34)10)27(39)44-29(9,18(2)3)25(34)41-21(6)35/h12-14,22,25H,2,5,15-17H2,1,3-4,6-11H3/b19-12+/t22-,25-,29+,30-,31+,32+,33+,34?/m0/s1. The van der Waals surface area contributed by atoms with Gasteiger partial charge in [0.15, 0.2) is 11.7 Å². The molecule has 1 unspecified atom stereocenters. The Kier molecular flexibility index (Phi) is 6.61. The Balaban J connectivity index is 1.98. The first-order valence-corrected chi connectivity index (χ1v) is 14.9. The van der Waals surface area contributed by atoms with Crippen LogP contribution in [0, 0.1) is 27.1 Å². The molecule has 0 N–H and O–H groups in total. The first-order chi connectivity index (χ1) is 20.2.